The molecule has 0 N–H and O–H groups in total. The van der Waals surface area contributed by atoms with Gasteiger partial charge in [0.1, 0.15) is 0 Å². The Balaban J connectivity index is 2.05. The molecule has 0 heterocycles. The van der Waals surface area contributed by atoms with Crippen LogP contribution in [0.15, 0.2) is 24.3 Å². The van der Waals surface area contributed by atoms with Crippen molar-refractivity contribution >= 4 is 5.97 Å². The van der Waals surface area contributed by atoms with Crippen LogP contribution >= 0.6 is 0 Å². The van der Waals surface area contributed by atoms with Gasteiger partial charge in [0.2, 0.25) is 0 Å². The maximum absolute atomic E-state index is 12.7. The van der Waals surface area contributed by atoms with E-state index in [1.807, 2.05) is 4.90 Å². The molecule has 21 heavy (non-hydrogen) atoms. The number of carbonyl (C=O) groups excluding carboxylic acids is 1. The standard InChI is InChI=1S/C15H18F3NO2/c1-2-21-14(20)10-19(13-6-7-13)9-11-4-3-5-12(8-11)15(16,17)18/h3-5,8,13H,2,6-7,9-10H2,1H3. The van der Waals surface area contributed by atoms with E-state index < -0.39 is 11.7 Å². The van der Waals surface area contributed by atoms with Crippen LogP contribution in [0.1, 0.15) is 30.9 Å². The van der Waals surface area contributed by atoms with E-state index in [9.17, 15) is 18.0 Å². The second-order valence-electron chi connectivity index (χ2n) is 5.14. The maximum Gasteiger partial charge on any atom is 0.416 e. The van der Waals surface area contributed by atoms with Crippen molar-refractivity contribution in [2.45, 2.75) is 38.5 Å². The smallest absolute Gasteiger partial charge is 0.416 e. The van der Waals surface area contributed by atoms with Gasteiger partial charge in [-0.3, -0.25) is 9.69 Å². The number of hydrogen-bond donors (Lipinski definition) is 0. The minimum Gasteiger partial charge on any atom is -0.465 e. The van der Waals surface area contributed by atoms with E-state index in [2.05, 4.69) is 0 Å². The Kier molecular flexibility index (Phi) is 4.88. The number of nitrogens with zero attached hydrogens (tertiary/aromatic N) is 1. The predicted octanol–water partition coefficient (Wildman–Crippen LogP) is 3.23. The van der Waals surface area contributed by atoms with Crippen LogP contribution in [0.4, 0.5) is 13.2 Å². The zero-order valence-corrected chi connectivity index (χ0v) is 11.8. The SMILES string of the molecule is CCOC(=O)CN(Cc1cccc(C(F)(F)F)c1)C1CC1. The number of carbonyl (C=O) groups is 1. The van der Waals surface area contributed by atoms with Crippen molar-refractivity contribution in [1.82, 2.24) is 4.90 Å². The Labute approximate surface area is 121 Å². The molecule has 0 atom stereocenters. The normalized spacial score (nSPS) is 15.3. The fraction of sp³-hybridized carbons (Fsp3) is 0.533. The second kappa shape index (κ2) is 6.47. The molecule has 1 aromatic carbocycles. The van der Waals surface area contributed by atoms with Gasteiger partial charge >= 0.3 is 12.1 Å². The van der Waals surface area contributed by atoms with Gasteiger partial charge in [0, 0.05) is 12.6 Å². The summed E-state index contributed by atoms with van der Waals surface area (Å²) in [4.78, 5) is 13.4. The maximum atomic E-state index is 12.7. The minimum absolute atomic E-state index is 0.120. The molecule has 1 aliphatic rings. The first-order valence-corrected chi connectivity index (χ1v) is 6.96. The molecule has 1 saturated carbocycles. The van der Waals surface area contributed by atoms with E-state index in [1.54, 1.807) is 13.0 Å². The zero-order valence-electron chi connectivity index (χ0n) is 11.8. The Bertz CT molecular complexity index is 498. The van der Waals surface area contributed by atoms with E-state index in [4.69, 9.17) is 4.74 Å². The Morgan fingerprint density at radius 2 is 2.10 bits per heavy atom. The number of esters is 1. The van der Waals surface area contributed by atoms with Gasteiger partial charge in [-0.25, -0.2) is 0 Å². The summed E-state index contributed by atoms with van der Waals surface area (Å²) < 4.78 is 43.0. The van der Waals surface area contributed by atoms with E-state index in [0.29, 0.717) is 18.7 Å². The highest BCUT2D eigenvalue weighted by atomic mass is 19.4. The fourth-order valence-corrected chi connectivity index (χ4v) is 2.21. The molecule has 3 nitrogen and oxygen atoms in total. The summed E-state index contributed by atoms with van der Waals surface area (Å²) in [6, 6.07) is 5.50. The van der Waals surface area contributed by atoms with Gasteiger partial charge in [0.05, 0.1) is 18.7 Å². The highest BCUT2D eigenvalue weighted by molar-refractivity contribution is 5.71. The van der Waals surface area contributed by atoms with Crippen LogP contribution in [0.2, 0.25) is 0 Å². The lowest BCUT2D eigenvalue weighted by Crippen LogP contribution is -2.32. The molecule has 6 heteroatoms. The van der Waals surface area contributed by atoms with Gasteiger partial charge in [-0.05, 0) is 31.4 Å². The molecule has 0 spiro atoms. The third kappa shape index (κ3) is 4.74. The lowest BCUT2D eigenvalue weighted by Gasteiger charge is -2.21. The minimum atomic E-state index is -4.35. The molecule has 0 aromatic heterocycles. The third-order valence-electron chi connectivity index (χ3n) is 3.34. The molecule has 0 unspecified atom stereocenters. The summed E-state index contributed by atoms with van der Waals surface area (Å²) in [5.41, 5.74) is -0.104. The number of ether oxygens (including phenoxy) is 1. The summed E-state index contributed by atoms with van der Waals surface area (Å²) in [6.45, 7) is 2.48. The highest BCUT2D eigenvalue weighted by Crippen LogP contribution is 2.31. The zero-order chi connectivity index (χ0) is 15.5. The van der Waals surface area contributed by atoms with Crippen LogP contribution in [0.5, 0.6) is 0 Å². The van der Waals surface area contributed by atoms with Crippen molar-refractivity contribution in [2.75, 3.05) is 13.2 Å². The first kappa shape index (κ1) is 15.8. The van der Waals surface area contributed by atoms with Crippen molar-refractivity contribution in [3.63, 3.8) is 0 Å². The van der Waals surface area contributed by atoms with Gasteiger partial charge < -0.3 is 4.74 Å². The van der Waals surface area contributed by atoms with Crippen molar-refractivity contribution in [1.29, 1.82) is 0 Å². The van der Waals surface area contributed by atoms with E-state index in [0.717, 1.165) is 25.0 Å². The van der Waals surface area contributed by atoms with Crippen LogP contribution in [0, 0.1) is 0 Å². The first-order chi connectivity index (χ1) is 9.90. The quantitative estimate of drug-likeness (QED) is 0.756. The molecule has 0 saturated heterocycles. The lowest BCUT2D eigenvalue weighted by atomic mass is 10.1. The van der Waals surface area contributed by atoms with Crippen molar-refractivity contribution in [3.8, 4) is 0 Å². The lowest BCUT2D eigenvalue weighted by molar-refractivity contribution is -0.144. The molecule has 0 amide bonds. The Morgan fingerprint density at radius 3 is 2.67 bits per heavy atom. The molecule has 0 aliphatic heterocycles. The van der Waals surface area contributed by atoms with Crippen molar-refractivity contribution in [3.05, 3.63) is 35.4 Å². The number of alkyl halides is 3. The predicted molar refractivity (Wildman–Crippen MR) is 71.5 cm³/mol. The largest absolute Gasteiger partial charge is 0.465 e. The summed E-state index contributed by atoms with van der Waals surface area (Å²) in [5, 5.41) is 0. The third-order valence-corrected chi connectivity index (χ3v) is 3.34. The van der Waals surface area contributed by atoms with Crippen molar-refractivity contribution in [2.24, 2.45) is 0 Å². The van der Waals surface area contributed by atoms with Gasteiger partial charge in [-0.2, -0.15) is 13.2 Å². The second-order valence-corrected chi connectivity index (χ2v) is 5.14. The van der Waals surface area contributed by atoms with Gasteiger partial charge in [-0.1, -0.05) is 18.2 Å². The Hall–Kier alpha value is -1.56. The number of benzene rings is 1. The molecule has 1 fully saturated rings. The van der Waals surface area contributed by atoms with E-state index >= 15 is 0 Å². The summed E-state index contributed by atoms with van der Waals surface area (Å²) in [5.74, 6) is -0.337. The van der Waals surface area contributed by atoms with Crippen LogP contribution in [-0.4, -0.2) is 30.1 Å². The Morgan fingerprint density at radius 1 is 1.38 bits per heavy atom. The molecule has 0 radical (unpaired) electrons. The molecule has 1 aliphatic carbocycles. The molecule has 2 rings (SSSR count). The van der Waals surface area contributed by atoms with Crippen LogP contribution < -0.4 is 0 Å². The summed E-state index contributed by atoms with van der Waals surface area (Å²) in [7, 11) is 0. The molecular weight excluding hydrogens is 283 g/mol. The summed E-state index contributed by atoms with van der Waals surface area (Å²) in [6.07, 6.45) is -2.40. The summed E-state index contributed by atoms with van der Waals surface area (Å²) >= 11 is 0. The van der Waals surface area contributed by atoms with Crippen LogP contribution in [-0.2, 0) is 22.3 Å². The monoisotopic (exact) mass is 301 g/mol. The molecular formula is C15H18F3NO2. The van der Waals surface area contributed by atoms with Crippen molar-refractivity contribution < 1.29 is 22.7 Å². The van der Waals surface area contributed by atoms with Gasteiger partial charge in [0.25, 0.3) is 0 Å². The van der Waals surface area contributed by atoms with E-state index in [1.165, 1.54) is 6.07 Å². The average molecular weight is 301 g/mol. The average Bonchev–Trinajstić information content (AvgIpc) is 3.22. The molecule has 0 bridgehead atoms. The number of hydrogen-bond acceptors (Lipinski definition) is 3. The van der Waals surface area contributed by atoms with Crippen LogP contribution in [0.25, 0.3) is 0 Å². The van der Waals surface area contributed by atoms with Gasteiger partial charge in [-0.15, -0.1) is 0 Å². The first-order valence-electron chi connectivity index (χ1n) is 6.96. The highest BCUT2D eigenvalue weighted by Gasteiger charge is 2.32. The van der Waals surface area contributed by atoms with Crippen LogP contribution in [0.3, 0.4) is 0 Å². The number of halogens is 3. The van der Waals surface area contributed by atoms with Gasteiger partial charge in [0.15, 0.2) is 0 Å². The topological polar surface area (TPSA) is 29.5 Å². The van der Waals surface area contributed by atoms with E-state index in [-0.39, 0.29) is 18.6 Å². The number of rotatable bonds is 6. The fourth-order valence-electron chi connectivity index (χ4n) is 2.21. The molecule has 1 aromatic rings. The molecule has 116 valence electrons.